The lowest BCUT2D eigenvalue weighted by molar-refractivity contribution is -0.385. The van der Waals surface area contributed by atoms with Crippen molar-refractivity contribution in [3.8, 4) is 0 Å². The third-order valence-electron chi connectivity index (χ3n) is 3.30. The van der Waals surface area contributed by atoms with Crippen LogP contribution in [0.2, 0.25) is 0 Å². The van der Waals surface area contributed by atoms with E-state index in [0.717, 1.165) is 18.2 Å². The molecular formula is C14H7N5O5S. The predicted octanol–water partition coefficient (Wildman–Crippen LogP) is 1.49. The molecule has 1 heterocycles. The molecule has 124 valence electrons. The Hall–Kier alpha value is -3.65. The minimum Gasteiger partial charge on any atom is -0.266 e. The fourth-order valence-electron chi connectivity index (χ4n) is 2.10. The lowest BCUT2D eigenvalue weighted by Crippen LogP contribution is -2.31. The van der Waals surface area contributed by atoms with Crippen LogP contribution in [0.3, 0.4) is 0 Å². The van der Waals surface area contributed by atoms with Crippen LogP contribution in [0.15, 0.2) is 52.2 Å². The molecular weight excluding hydrogens is 350 g/mol. The number of hydrogen-bond acceptors (Lipinski definition) is 7. The first-order valence-corrected chi connectivity index (χ1v) is 8.06. The first kappa shape index (κ1) is 16.2. The second kappa shape index (κ2) is 5.77. The zero-order valence-electron chi connectivity index (χ0n) is 12.2. The van der Waals surface area contributed by atoms with Gasteiger partial charge in [-0.15, -0.1) is 5.10 Å². The van der Waals surface area contributed by atoms with Gasteiger partial charge in [-0.3, -0.25) is 14.9 Å². The molecule has 0 bridgehead atoms. The van der Waals surface area contributed by atoms with Crippen LogP contribution in [0.25, 0.3) is 15.7 Å². The van der Waals surface area contributed by atoms with E-state index in [2.05, 4.69) is 15.2 Å². The molecule has 3 aromatic rings. The van der Waals surface area contributed by atoms with Gasteiger partial charge in [0.1, 0.15) is 0 Å². The van der Waals surface area contributed by atoms with E-state index in [-0.39, 0.29) is 20.7 Å². The number of non-ortho nitro benzene ring substituents is 1. The summed E-state index contributed by atoms with van der Waals surface area (Å²) in [7, 11) is -4.49. The number of rotatable bonds is 3. The monoisotopic (exact) mass is 357 g/mol. The van der Waals surface area contributed by atoms with Gasteiger partial charge < -0.3 is 0 Å². The Balaban J connectivity index is 2.26. The maximum Gasteiger partial charge on any atom is 0.291 e. The van der Waals surface area contributed by atoms with Crippen molar-refractivity contribution in [1.82, 2.24) is 14.4 Å². The van der Waals surface area contributed by atoms with Gasteiger partial charge in [0.15, 0.2) is 5.69 Å². The molecule has 11 heteroatoms. The number of aromatic nitrogens is 3. The second-order valence-electron chi connectivity index (χ2n) is 4.81. The van der Waals surface area contributed by atoms with E-state index in [1.807, 2.05) is 0 Å². The van der Waals surface area contributed by atoms with E-state index in [4.69, 9.17) is 6.57 Å². The van der Waals surface area contributed by atoms with E-state index in [9.17, 15) is 23.3 Å². The highest BCUT2D eigenvalue weighted by Gasteiger charge is 2.23. The third kappa shape index (κ3) is 2.70. The van der Waals surface area contributed by atoms with Gasteiger partial charge >= 0.3 is 0 Å². The topological polar surface area (TPSA) is 129 Å². The molecule has 0 saturated heterocycles. The molecule has 2 aromatic carbocycles. The molecule has 0 radical (unpaired) electrons. The minimum atomic E-state index is -4.49. The Morgan fingerprint density at radius 1 is 1.20 bits per heavy atom. The standard InChI is InChI=1S/C14H7N5O5S/c1-15-9-5-6-13-12(7-9)14(20)18(17-16-13)25(23,24)11-4-2-3-10(8-11)19(21)22/h2-8H. The van der Waals surface area contributed by atoms with Crippen molar-refractivity contribution in [3.63, 3.8) is 0 Å². The highest BCUT2D eigenvalue weighted by atomic mass is 32.2. The summed E-state index contributed by atoms with van der Waals surface area (Å²) in [5.41, 5.74) is -1.18. The van der Waals surface area contributed by atoms with Gasteiger partial charge in [-0.2, -0.15) is 8.42 Å². The normalized spacial score (nSPS) is 11.2. The molecule has 0 amide bonds. The van der Waals surface area contributed by atoms with Crippen molar-refractivity contribution in [2.24, 2.45) is 0 Å². The van der Waals surface area contributed by atoms with Crippen LogP contribution in [0.1, 0.15) is 0 Å². The van der Waals surface area contributed by atoms with E-state index < -0.39 is 31.1 Å². The summed E-state index contributed by atoms with van der Waals surface area (Å²) in [5.74, 6) is 0. The fraction of sp³-hybridized carbons (Fsp3) is 0. The zero-order valence-corrected chi connectivity index (χ0v) is 13.0. The molecule has 0 saturated carbocycles. The van der Waals surface area contributed by atoms with Crippen LogP contribution in [-0.2, 0) is 10.0 Å². The third-order valence-corrected chi connectivity index (χ3v) is 4.84. The predicted molar refractivity (Wildman–Crippen MR) is 85.7 cm³/mol. The van der Waals surface area contributed by atoms with Gasteiger partial charge in [-0.1, -0.05) is 16.2 Å². The van der Waals surface area contributed by atoms with Crippen molar-refractivity contribution in [3.05, 3.63) is 74.3 Å². The second-order valence-corrected chi connectivity index (χ2v) is 6.58. The molecule has 0 N–H and O–H groups in total. The van der Waals surface area contributed by atoms with Crippen molar-refractivity contribution >= 4 is 32.3 Å². The van der Waals surface area contributed by atoms with Gasteiger partial charge in [0.2, 0.25) is 0 Å². The molecule has 0 aliphatic heterocycles. The van der Waals surface area contributed by atoms with Gasteiger partial charge in [0.05, 0.1) is 27.3 Å². The highest BCUT2D eigenvalue weighted by Crippen LogP contribution is 2.20. The molecule has 25 heavy (non-hydrogen) atoms. The van der Waals surface area contributed by atoms with E-state index in [0.29, 0.717) is 0 Å². The molecule has 10 nitrogen and oxygen atoms in total. The molecule has 3 rings (SSSR count). The number of fused-ring (bicyclic) bond motifs is 1. The summed E-state index contributed by atoms with van der Waals surface area (Å²) in [6, 6.07) is 8.24. The highest BCUT2D eigenvalue weighted by molar-refractivity contribution is 7.89. The number of hydrogen-bond donors (Lipinski definition) is 0. The Morgan fingerprint density at radius 2 is 1.96 bits per heavy atom. The van der Waals surface area contributed by atoms with Crippen molar-refractivity contribution in [2.75, 3.05) is 0 Å². The summed E-state index contributed by atoms with van der Waals surface area (Å²) in [5, 5.41) is 17.8. The van der Waals surface area contributed by atoms with Crippen LogP contribution >= 0.6 is 0 Å². The van der Waals surface area contributed by atoms with E-state index >= 15 is 0 Å². The average Bonchev–Trinajstić information content (AvgIpc) is 2.61. The summed E-state index contributed by atoms with van der Waals surface area (Å²) >= 11 is 0. The fourth-order valence-corrected chi connectivity index (χ4v) is 3.27. The zero-order chi connectivity index (χ0) is 18.2. The van der Waals surface area contributed by atoms with Gasteiger partial charge in [-0.25, -0.2) is 4.85 Å². The molecule has 0 spiro atoms. The van der Waals surface area contributed by atoms with Crippen LogP contribution in [0, 0.1) is 16.7 Å². The SMILES string of the molecule is [C-]#[N+]c1ccc2nnn(S(=O)(=O)c3cccc([N+](=O)[O-])c3)c(=O)c2c1. The Bertz CT molecular complexity index is 1230. The minimum absolute atomic E-state index is 0.0995. The van der Waals surface area contributed by atoms with Crippen molar-refractivity contribution in [1.29, 1.82) is 0 Å². The van der Waals surface area contributed by atoms with Crippen molar-refractivity contribution < 1.29 is 13.3 Å². The van der Waals surface area contributed by atoms with Crippen molar-refractivity contribution in [2.45, 2.75) is 4.90 Å². The number of nitro benzene ring substituents is 1. The lowest BCUT2D eigenvalue weighted by atomic mass is 10.2. The molecule has 0 unspecified atom stereocenters. The maximum absolute atomic E-state index is 12.6. The molecule has 1 aromatic heterocycles. The molecule has 0 fully saturated rings. The maximum atomic E-state index is 12.6. The number of nitro groups is 1. The van der Waals surface area contributed by atoms with Crippen LogP contribution < -0.4 is 5.56 Å². The van der Waals surface area contributed by atoms with Gasteiger partial charge in [-0.05, 0) is 23.4 Å². The largest absolute Gasteiger partial charge is 0.291 e. The Kier molecular flexibility index (Phi) is 3.74. The smallest absolute Gasteiger partial charge is 0.266 e. The van der Waals surface area contributed by atoms with E-state index in [1.54, 1.807) is 0 Å². The van der Waals surface area contributed by atoms with Gasteiger partial charge in [0, 0.05) is 12.1 Å². The summed E-state index contributed by atoms with van der Waals surface area (Å²) < 4.78 is 25.4. The molecule has 0 aliphatic rings. The lowest BCUT2D eigenvalue weighted by Gasteiger charge is -2.06. The first-order chi connectivity index (χ1) is 11.8. The van der Waals surface area contributed by atoms with E-state index in [1.165, 1.54) is 24.3 Å². The van der Waals surface area contributed by atoms with Crippen LogP contribution in [0.4, 0.5) is 11.4 Å². The Morgan fingerprint density at radius 3 is 2.64 bits per heavy atom. The average molecular weight is 357 g/mol. The summed E-state index contributed by atoms with van der Waals surface area (Å²) in [4.78, 5) is 25.2. The first-order valence-electron chi connectivity index (χ1n) is 6.62. The quantitative estimate of drug-likeness (QED) is 0.394. The van der Waals surface area contributed by atoms with Gasteiger partial charge in [0.25, 0.3) is 21.3 Å². The number of benzene rings is 2. The molecule has 0 aliphatic carbocycles. The summed E-state index contributed by atoms with van der Waals surface area (Å²) in [6.07, 6.45) is 0. The number of nitrogens with zero attached hydrogens (tertiary/aromatic N) is 5. The summed E-state index contributed by atoms with van der Waals surface area (Å²) in [6.45, 7) is 6.96. The van der Waals surface area contributed by atoms with Crippen LogP contribution in [0.5, 0.6) is 0 Å². The Labute approximate surface area is 140 Å². The molecule has 0 atom stereocenters. The van der Waals surface area contributed by atoms with Crippen LogP contribution in [-0.4, -0.2) is 27.7 Å².